The minimum atomic E-state index is -0.968. The number of aryl methyl sites for hydroxylation is 2. The summed E-state index contributed by atoms with van der Waals surface area (Å²) < 4.78 is 42.1. The second-order valence-electron chi connectivity index (χ2n) is 4.61. The van der Waals surface area contributed by atoms with Gasteiger partial charge in [0, 0.05) is 36.9 Å². The Morgan fingerprint density at radius 1 is 1.25 bits per heavy atom. The number of hydrazine groups is 1. The lowest BCUT2D eigenvalue weighted by molar-refractivity contribution is 0.455. The largest absolute Gasteiger partial charge is 0.272 e. The van der Waals surface area contributed by atoms with E-state index >= 15 is 0 Å². The first kappa shape index (κ1) is 14.5. The highest BCUT2D eigenvalue weighted by Crippen LogP contribution is 2.24. The van der Waals surface area contributed by atoms with Crippen LogP contribution in [0.3, 0.4) is 0 Å². The molecule has 1 aromatic carbocycles. The molecule has 1 atom stereocenters. The van der Waals surface area contributed by atoms with E-state index in [1.807, 2.05) is 6.92 Å². The fourth-order valence-corrected chi connectivity index (χ4v) is 2.19. The van der Waals surface area contributed by atoms with Gasteiger partial charge in [-0.25, -0.2) is 13.2 Å². The van der Waals surface area contributed by atoms with Crippen molar-refractivity contribution in [2.24, 2.45) is 12.9 Å². The minimum Gasteiger partial charge on any atom is -0.272 e. The van der Waals surface area contributed by atoms with Gasteiger partial charge in [-0.15, -0.1) is 0 Å². The third-order valence-electron chi connectivity index (χ3n) is 3.11. The normalized spacial score (nSPS) is 12.7. The van der Waals surface area contributed by atoms with E-state index in [0.717, 1.165) is 11.4 Å². The van der Waals surface area contributed by atoms with E-state index in [9.17, 15) is 13.2 Å². The number of nitrogens with two attached hydrogens (primary N) is 1. The maximum Gasteiger partial charge on any atom is 0.133 e. The van der Waals surface area contributed by atoms with Gasteiger partial charge in [0.25, 0.3) is 0 Å². The van der Waals surface area contributed by atoms with Crippen LogP contribution in [0.5, 0.6) is 0 Å². The zero-order valence-electron chi connectivity index (χ0n) is 11.1. The van der Waals surface area contributed by atoms with Crippen molar-refractivity contribution in [3.8, 4) is 0 Å². The average Bonchev–Trinajstić information content (AvgIpc) is 2.65. The molecular formula is C13H15F3N4. The lowest BCUT2D eigenvalue weighted by atomic mass is 10.0. The van der Waals surface area contributed by atoms with E-state index in [-0.39, 0.29) is 12.0 Å². The summed E-state index contributed by atoms with van der Waals surface area (Å²) in [5.74, 6) is 2.48. The predicted molar refractivity (Wildman–Crippen MR) is 68.0 cm³/mol. The second kappa shape index (κ2) is 5.64. The monoisotopic (exact) mass is 284 g/mol. The Balaban J connectivity index is 2.36. The maximum absolute atomic E-state index is 13.8. The molecule has 0 aliphatic rings. The Kier molecular flexibility index (Phi) is 4.10. The van der Waals surface area contributed by atoms with Crippen molar-refractivity contribution in [2.75, 3.05) is 0 Å². The van der Waals surface area contributed by atoms with Gasteiger partial charge in [0.05, 0.1) is 11.7 Å². The van der Waals surface area contributed by atoms with Crippen LogP contribution in [0.4, 0.5) is 13.2 Å². The second-order valence-corrected chi connectivity index (χ2v) is 4.61. The Hall–Kier alpha value is -1.86. The highest BCUT2D eigenvalue weighted by atomic mass is 19.1. The zero-order valence-corrected chi connectivity index (χ0v) is 11.1. The van der Waals surface area contributed by atoms with Crippen LogP contribution in [0.1, 0.15) is 23.0 Å². The quantitative estimate of drug-likeness (QED) is 0.666. The average molecular weight is 284 g/mol. The van der Waals surface area contributed by atoms with E-state index in [2.05, 4.69) is 10.5 Å². The van der Waals surface area contributed by atoms with Crippen LogP contribution >= 0.6 is 0 Å². The molecule has 108 valence electrons. The smallest absolute Gasteiger partial charge is 0.133 e. The van der Waals surface area contributed by atoms with Gasteiger partial charge in [-0.1, -0.05) is 0 Å². The highest BCUT2D eigenvalue weighted by Gasteiger charge is 2.22. The minimum absolute atomic E-state index is 0.229. The maximum atomic E-state index is 13.8. The molecule has 0 aliphatic carbocycles. The SMILES string of the molecule is Cc1cc(CC(NN)c2c(F)cc(F)cc2F)n(C)n1. The molecule has 0 aliphatic heterocycles. The van der Waals surface area contributed by atoms with Gasteiger partial charge in [-0.05, 0) is 13.0 Å². The van der Waals surface area contributed by atoms with Crippen LogP contribution in [0.25, 0.3) is 0 Å². The molecule has 0 saturated carbocycles. The molecule has 4 nitrogen and oxygen atoms in total. The molecule has 2 aromatic rings. The van der Waals surface area contributed by atoms with Crippen LogP contribution in [0.15, 0.2) is 18.2 Å². The van der Waals surface area contributed by atoms with Crippen LogP contribution in [-0.4, -0.2) is 9.78 Å². The zero-order chi connectivity index (χ0) is 14.9. The molecule has 1 aromatic heterocycles. The number of rotatable bonds is 4. The molecule has 7 heteroatoms. The molecule has 2 rings (SSSR count). The number of hydrogen-bond donors (Lipinski definition) is 2. The van der Waals surface area contributed by atoms with E-state index in [1.165, 1.54) is 0 Å². The molecule has 0 spiro atoms. The highest BCUT2D eigenvalue weighted by molar-refractivity contribution is 5.26. The first-order valence-electron chi connectivity index (χ1n) is 6.02. The Bertz CT molecular complexity index is 601. The number of benzene rings is 1. The van der Waals surface area contributed by atoms with Gasteiger partial charge in [0.2, 0.25) is 0 Å². The lowest BCUT2D eigenvalue weighted by Crippen LogP contribution is -2.31. The van der Waals surface area contributed by atoms with Crippen molar-refractivity contribution in [1.29, 1.82) is 0 Å². The topological polar surface area (TPSA) is 55.9 Å². The van der Waals surface area contributed by atoms with Crippen LogP contribution in [-0.2, 0) is 13.5 Å². The van der Waals surface area contributed by atoms with Gasteiger partial charge in [0.15, 0.2) is 0 Å². The molecule has 3 N–H and O–H groups in total. The van der Waals surface area contributed by atoms with Crippen LogP contribution < -0.4 is 11.3 Å². The summed E-state index contributed by atoms with van der Waals surface area (Å²) in [5, 5.41) is 4.15. The molecular weight excluding hydrogens is 269 g/mol. The molecule has 0 bridgehead atoms. The van der Waals surface area contributed by atoms with Gasteiger partial charge < -0.3 is 0 Å². The van der Waals surface area contributed by atoms with E-state index < -0.39 is 23.5 Å². The van der Waals surface area contributed by atoms with Crippen molar-refractivity contribution in [2.45, 2.75) is 19.4 Å². The van der Waals surface area contributed by atoms with Crippen LogP contribution in [0.2, 0.25) is 0 Å². The van der Waals surface area contributed by atoms with E-state index in [4.69, 9.17) is 5.84 Å². The van der Waals surface area contributed by atoms with Gasteiger partial charge in [-0.2, -0.15) is 5.10 Å². The number of nitrogens with zero attached hydrogens (tertiary/aromatic N) is 2. The lowest BCUT2D eigenvalue weighted by Gasteiger charge is -2.18. The third-order valence-corrected chi connectivity index (χ3v) is 3.11. The van der Waals surface area contributed by atoms with Crippen molar-refractivity contribution < 1.29 is 13.2 Å². The Morgan fingerprint density at radius 3 is 2.30 bits per heavy atom. The fourth-order valence-electron chi connectivity index (χ4n) is 2.19. The Morgan fingerprint density at radius 2 is 1.85 bits per heavy atom. The number of aromatic nitrogens is 2. The van der Waals surface area contributed by atoms with Crippen molar-refractivity contribution >= 4 is 0 Å². The number of nitrogens with one attached hydrogen (secondary N) is 1. The molecule has 0 saturated heterocycles. The number of halogens is 3. The summed E-state index contributed by atoms with van der Waals surface area (Å²) in [7, 11) is 1.73. The van der Waals surface area contributed by atoms with Crippen LogP contribution in [0, 0.1) is 24.4 Å². The molecule has 0 radical (unpaired) electrons. The van der Waals surface area contributed by atoms with Crippen molar-refractivity contribution in [1.82, 2.24) is 15.2 Å². The van der Waals surface area contributed by atoms with Crippen molar-refractivity contribution in [3.05, 3.63) is 52.6 Å². The van der Waals surface area contributed by atoms with E-state index in [1.54, 1.807) is 17.8 Å². The summed E-state index contributed by atoms with van der Waals surface area (Å²) in [6, 6.07) is 2.25. The van der Waals surface area contributed by atoms with Gasteiger partial charge in [0.1, 0.15) is 17.5 Å². The van der Waals surface area contributed by atoms with Gasteiger partial charge in [-0.3, -0.25) is 16.0 Å². The molecule has 0 amide bonds. The summed E-state index contributed by atoms with van der Waals surface area (Å²) in [6.07, 6.45) is 0.229. The van der Waals surface area contributed by atoms with Gasteiger partial charge >= 0.3 is 0 Å². The number of hydrogen-bond acceptors (Lipinski definition) is 3. The molecule has 0 fully saturated rings. The van der Waals surface area contributed by atoms with Crippen molar-refractivity contribution in [3.63, 3.8) is 0 Å². The first-order chi connectivity index (χ1) is 9.42. The summed E-state index contributed by atoms with van der Waals surface area (Å²) in [6.45, 7) is 1.81. The predicted octanol–water partition coefficient (Wildman–Crippen LogP) is 1.89. The first-order valence-corrected chi connectivity index (χ1v) is 6.02. The Labute approximate surface area is 114 Å². The van der Waals surface area contributed by atoms with E-state index in [0.29, 0.717) is 12.1 Å². The molecule has 1 heterocycles. The fraction of sp³-hybridized carbons (Fsp3) is 0.308. The molecule has 1 unspecified atom stereocenters. The standard InChI is InChI=1S/C13H15F3N4/c1-7-3-9(20(2)19-7)6-12(18-17)13-10(15)4-8(14)5-11(13)16/h3-5,12,18H,6,17H2,1-2H3. The summed E-state index contributed by atoms with van der Waals surface area (Å²) in [5.41, 5.74) is 3.62. The summed E-state index contributed by atoms with van der Waals surface area (Å²) in [4.78, 5) is 0. The third kappa shape index (κ3) is 2.83. The molecule has 20 heavy (non-hydrogen) atoms. The summed E-state index contributed by atoms with van der Waals surface area (Å²) >= 11 is 0.